The van der Waals surface area contributed by atoms with Crippen LogP contribution in [0.25, 0.3) is 11.4 Å². The third-order valence-corrected chi connectivity index (χ3v) is 7.14. The minimum Gasteiger partial charge on any atom is -0.254 e. The maximum atomic E-state index is 4.95. The van der Waals surface area contributed by atoms with Crippen LogP contribution >= 0.6 is 0 Å². The van der Waals surface area contributed by atoms with Gasteiger partial charge in [0.25, 0.3) is 0 Å². The zero-order valence-electron chi connectivity index (χ0n) is 25.2. The molecule has 0 saturated carbocycles. The first-order valence-corrected chi connectivity index (χ1v) is 14.4. The van der Waals surface area contributed by atoms with Crippen molar-refractivity contribution in [1.82, 2.24) is 9.97 Å². The van der Waals surface area contributed by atoms with Crippen molar-refractivity contribution < 1.29 is 0 Å². The van der Waals surface area contributed by atoms with E-state index in [9.17, 15) is 0 Å². The second kappa shape index (κ2) is 13.0. The van der Waals surface area contributed by atoms with Gasteiger partial charge in [-0.25, -0.2) is 9.97 Å². The van der Waals surface area contributed by atoms with Gasteiger partial charge in [-0.15, -0.1) is 0 Å². The summed E-state index contributed by atoms with van der Waals surface area (Å²) in [4.78, 5) is 19.7. The molecule has 0 atom stereocenters. The van der Waals surface area contributed by atoms with E-state index < -0.39 is 0 Å². The predicted molar refractivity (Wildman–Crippen MR) is 171 cm³/mol. The molecule has 0 saturated heterocycles. The van der Waals surface area contributed by atoms with Crippen LogP contribution in [0.1, 0.15) is 113 Å². The van der Waals surface area contributed by atoms with Gasteiger partial charge >= 0.3 is 0 Å². The molecule has 0 fully saturated rings. The Kier molecular flexibility index (Phi) is 9.42. The number of para-hydroxylation sites is 2. The highest BCUT2D eigenvalue weighted by molar-refractivity contribution is 5.83. The van der Waals surface area contributed by atoms with Gasteiger partial charge in [0.15, 0.2) is 0 Å². The van der Waals surface area contributed by atoms with Gasteiger partial charge in [-0.3, -0.25) is 9.98 Å². The van der Waals surface area contributed by atoms with Crippen LogP contribution in [0, 0.1) is 0 Å². The SMILES string of the molecule is CC(C)c1cccc(C(C)C)c1N=Cc1cccc(-c2cccc(C=Nc3c(C(C)C)cccc3C(C)C)n2)n1. The quantitative estimate of drug-likeness (QED) is 0.202. The van der Waals surface area contributed by atoms with Crippen LogP contribution in [0.2, 0.25) is 0 Å². The van der Waals surface area contributed by atoms with Crippen molar-refractivity contribution in [2.45, 2.75) is 79.1 Å². The Balaban J connectivity index is 1.65. The summed E-state index contributed by atoms with van der Waals surface area (Å²) in [5.41, 5.74) is 10.4. The van der Waals surface area contributed by atoms with Crippen molar-refractivity contribution in [1.29, 1.82) is 0 Å². The lowest BCUT2D eigenvalue weighted by atomic mass is 9.93. The van der Waals surface area contributed by atoms with Gasteiger partial charge in [-0.1, -0.05) is 104 Å². The first kappa shape index (κ1) is 29.1. The Hall–Kier alpha value is -3.92. The summed E-state index contributed by atoms with van der Waals surface area (Å²) < 4.78 is 0. The number of rotatable bonds is 9. The summed E-state index contributed by atoms with van der Waals surface area (Å²) in [6.07, 6.45) is 3.75. The maximum Gasteiger partial charge on any atom is 0.0894 e. The summed E-state index contributed by atoms with van der Waals surface area (Å²) in [5, 5.41) is 0. The Morgan fingerprint density at radius 3 is 1.05 bits per heavy atom. The Labute approximate surface area is 240 Å². The van der Waals surface area contributed by atoms with Gasteiger partial charge in [0.1, 0.15) is 0 Å². The third-order valence-electron chi connectivity index (χ3n) is 7.14. The van der Waals surface area contributed by atoms with Gasteiger partial charge < -0.3 is 0 Å². The van der Waals surface area contributed by atoms with Crippen molar-refractivity contribution in [2.75, 3.05) is 0 Å². The lowest BCUT2D eigenvalue weighted by Gasteiger charge is -2.16. The lowest BCUT2D eigenvalue weighted by Crippen LogP contribution is -1.98. The number of nitrogens with zero attached hydrogens (tertiary/aromatic N) is 4. The van der Waals surface area contributed by atoms with E-state index in [4.69, 9.17) is 20.0 Å². The van der Waals surface area contributed by atoms with Crippen LogP contribution in [-0.2, 0) is 0 Å². The van der Waals surface area contributed by atoms with Crippen LogP contribution < -0.4 is 0 Å². The first-order chi connectivity index (χ1) is 19.2. The van der Waals surface area contributed by atoms with Crippen molar-refractivity contribution in [2.24, 2.45) is 9.98 Å². The molecule has 0 radical (unpaired) electrons. The Morgan fingerprint density at radius 2 is 0.750 bits per heavy atom. The molecule has 0 unspecified atom stereocenters. The number of aromatic nitrogens is 2. The highest BCUT2D eigenvalue weighted by Crippen LogP contribution is 2.35. The molecule has 0 aliphatic heterocycles. The van der Waals surface area contributed by atoms with E-state index in [1.54, 1.807) is 0 Å². The smallest absolute Gasteiger partial charge is 0.0894 e. The van der Waals surface area contributed by atoms with Gasteiger partial charge in [0, 0.05) is 0 Å². The van der Waals surface area contributed by atoms with Crippen molar-refractivity contribution >= 4 is 23.8 Å². The number of hydrogen-bond acceptors (Lipinski definition) is 4. The number of benzene rings is 2. The van der Waals surface area contributed by atoms with Crippen LogP contribution in [0.4, 0.5) is 11.4 Å². The van der Waals surface area contributed by atoms with Gasteiger partial charge in [-0.05, 0) is 70.2 Å². The Bertz CT molecular complexity index is 1340. The normalized spacial score (nSPS) is 12.2. The lowest BCUT2D eigenvalue weighted by molar-refractivity contribution is 0.834. The third kappa shape index (κ3) is 6.80. The molecule has 206 valence electrons. The molecule has 2 heterocycles. The van der Waals surface area contributed by atoms with Crippen molar-refractivity contribution in [3.63, 3.8) is 0 Å². The molecule has 2 aromatic heterocycles. The molecular weight excluding hydrogens is 488 g/mol. The van der Waals surface area contributed by atoms with E-state index in [0.717, 1.165) is 34.2 Å². The standard InChI is InChI=1S/C36H42N4/c1-23(2)29-15-11-16-30(24(3)4)35(29)37-21-27-13-9-19-33(39-27)34-20-10-14-28(40-34)22-38-36-31(25(5)6)17-12-18-32(36)26(7)8/h9-26H,1-8H3. The van der Waals surface area contributed by atoms with Gasteiger partial charge in [0.2, 0.25) is 0 Å². The molecule has 0 spiro atoms. The van der Waals surface area contributed by atoms with E-state index in [1.165, 1.54) is 22.3 Å². The van der Waals surface area contributed by atoms with Gasteiger partial charge in [0.05, 0.1) is 46.6 Å². The van der Waals surface area contributed by atoms with Crippen molar-refractivity contribution in [3.8, 4) is 11.4 Å². The molecule has 0 amide bonds. The number of hydrogen-bond donors (Lipinski definition) is 0. The summed E-state index contributed by atoms with van der Waals surface area (Å²) in [5.74, 6) is 1.57. The first-order valence-electron chi connectivity index (χ1n) is 14.4. The molecule has 0 aliphatic rings. The van der Waals surface area contributed by atoms with Crippen LogP contribution in [0.5, 0.6) is 0 Å². The highest BCUT2D eigenvalue weighted by Gasteiger charge is 2.14. The van der Waals surface area contributed by atoms with Crippen molar-refractivity contribution in [3.05, 3.63) is 106 Å². The molecule has 4 aromatic rings. The summed E-state index contributed by atoms with van der Waals surface area (Å²) in [6, 6.07) is 25.0. The van der Waals surface area contributed by atoms with Gasteiger partial charge in [-0.2, -0.15) is 0 Å². The molecule has 4 rings (SSSR count). The zero-order chi connectivity index (χ0) is 28.8. The predicted octanol–water partition coefficient (Wildman–Crippen LogP) is 10.1. The monoisotopic (exact) mass is 530 g/mol. The average Bonchev–Trinajstić information content (AvgIpc) is 2.94. The largest absolute Gasteiger partial charge is 0.254 e. The fraction of sp³-hybridized carbons (Fsp3) is 0.333. The number of pyridine rings is 2. The molecule has 4 nitrogen and oxygen atoms in total. The van der Waals surface area contributed by atoms with E-state index in [0.29, 0.717) is 23.7 Å². The van der Waals surface area contributed by atoms with Crippen LogP contribution in [0.15, 0.2) is 82.8 Å². The molecule has 0 N–H and O–H groups in total. The fourth-order valence-corrected chi connectivity index (χ4v) is 4.92. The summed E-state index contributed by atoms with van der Waals surface area (Å²) >= 11 is 0. The fourth-order valence-electron chi connectivity index (χ4n) is 4.92. The molecule has 0 bridgehead atoms. The topological polar surface area (TPSA) is 50.5 Å². The molecular formula is C36H42N4. The molecule has 2 aromatic carbocycles. The average molecular weight is 531 g/mol. The maximum absolute atomic E-state index is 4.95. The second-order valence-corrected chi connectivity index (χ2v) is 11.6. The second-order valence-electron chi connectivity index (χ2n) is 11.6. The van der Waals surface area contributed by atoms with E-state index in [-0.39, 0.29) is 0 Å². The van der Waals surface area contributed by atoms with Crippen LogP contribution in [0.3, 0.4) is 0 Å². The molecule has 4 heteroatoms. The van der Waals surface area contributed by atoms with E-state index >= 15 is 0 Å². The van der Waals surface area contributed by atoms with E-state index in [2.05, 4.69) is 91.8 Å². The zero-order valence-corrected chi connectivity index (χ0v) is 25.2. The number of aliphatic imine (C=N–C) groups is 2. The summed E-state index contributed by atoms with van der Waals surface area (Å²) in [6.45, 7) is 17.7. The summed E-state index contributed by atoms with van der Waals surface area (Å²) in [7, 11) is 0. The van der Waals surface area contributed by atoms with E-state index in [1.807, 2.05) is 48.8 Å². The Morgan fingerprint density at radius 1 is 0.450 bits per heavy atom. The molecule has 0 aliphatic carbocycles. The minimum atomic E-state index is 0.392. The highest BCUT2D eigenvalue weighted by atomic mass is 14.8. The molecule has 40 heavy (non-hydrogen) atoms. The van der Waals surface area contributed by atoms with Crippen LogP contribution in [-0.4, -0.2) is 22.4 Å². The minimum absolute atomic E-state index is 0.392.